The van der Waals surface area contributed by atoms with Crippen LogP contribution < -0.4 is 5.56 Å². The molecular weight excluding hydrogens is 228 g/mol. The van der Waals surface area contributed by atoms with Crippen LogP contribution in [0.5, 0.6) is 0 Å². The Morgan fingerprint density at radius 1 is 1.67 bits per heavy atom. The first-order valence-corrected chi connectivity index (χ1v) is 7.12. The van der Waals surface area contributed by atoms with Gasteiger partial charge in [-0.25, -0.2) is 4.98 Å². The van der Waals surface area contributed by atoms with Crippen LogP contribution >= 0.6 is 23.5 Å². The van der Waals surface area contributed by atoms with E-state index in [2.05, 4.69) is 11.9 Å². The fraction of sp³-hybridized carbons (Fsp3) is 0.600. The Hall–Kier alpha value is -0.420. The molecule has 0 bridgehead atoms. The van der Waals surface area contributed by atoms with Crippen LogP contribution in [0.2, 0.25) is 0 Å². The fourth-order valence-electron chi connectivity index (χ4n) is 1.77. The predicted octanol–water partition coefficient (Wildman–Crippen LogP) is 2.02. The lowest BCUT2D eigenvalue weighted by Crippen LogP contribution is -2.24. The standard InChI is InChI=1S/C10H14N2OS2/c1-4-12-9(13)8-7(5-6(2)15-8)11-10(12)14-3/h6H,4-5H2,1-3H3/t6-/m0/s1. The van der Waals surface area contributed by atoms with E-state index in [1.165, 1.54) is 0 Å². The SMILES string of the molecule is CCn1c(SC)nc2c(c1=O)S[C@@H](C)C2. The third-order valence-corrected chi connectivity index (χ3v) is 4.35. The highest BCUT2D eigenvalue weighted by atomic mass is 32.2. The van der Waals surface area contributed by atoms with Crippen molar-refractivity contribution in [3.8, 4) is 0 Å². The van der Waals surface area contributed by atoms with Crippen molar-refractivity contribution in [2.45, 2.75) is 42.1 Å². The van der Waals surface area contributed by atoms with Crippen molar-refractivity contribution < 1.29 is 0 Å². The molecule has 5 heteroatoms. The number of hydrogen-bond donors (Lipinski definition) is 0. The Morgan fingerprint density at radius 3 is 3.00 bits per heavy atom. The van der Waals surface area contributed by atoms with Crippen molar-refractivity contribution in [3.63, 3.8) is 0 Å². The molecule has 0 aliphatic carbocycles. The third-order valence-electron chi connectivity index (χ3n) is 2.46. The molecule has 15 heavy (non-hydrogen) atoms. The van der Waals surface area contributed by atoms with Crippen molar-refractivity contribution in [3.05, 3.63) is 16.0 Å². The lowest BCUT2D eigenvalue weighted by molar-refractivity contribution is 0.596. The topological polar surface area (TPSA) is 34.9 Å². The van der Waals surface area contributed by atoms with Crippen LogP contribution in [0.4, 0.5) is 0 Å². The van der Waals surface area contributed by atoms with E-state index in [1.807, 2.05) is 13.2 Å². The summed E-state index contributed by atoms with van der Waals surface area (Å²) in [5.41, 5.74) is 1.13. The van der Waals surface area contributed by atoms with Gasteiger partial charge in [0.25, 0.3) is 5.56 Å². The number of thioether (sulfide) groups is 2. The molecule has 1 atom stereocenters. The highest BCUT2D eigenvalue weighted by Gasteiger charge is 2.25. The van der Waals surface area contributed by atoms with Gasteiger partial charge in [0.1, 0.15) is 0 Å². The molecule has 0 aromatic carbocycles. The molecule has 0 saturated heterocycles. The monoisotopic (exact) mass is 242 g/mol. The minimum absolute atomic E-state index is 0.140. The van der Waals surface area contributed by atoms with Crippen LogP contribution in [-0.2, 0) is 13.0 Å². The zero-order valence-electron chi connectivity index (χ0n) is 9.11. The number of hydrogen-bond acceptors (Lipinski definition) is 4. The van der Waals surface area contributed by atoms with Crippen molar-refractivity contribution in [2.75, 3.05) is 6.26 Å². The second-order valence-electron chi connectivity index (χ2n) is 3.56. The van der Waals surface area contributed by atoms with E-state index >= 15 is 0 Å². The first-order valence-electron chi connectivity index (χ1n) is 5.01. The van der Waals surface area contributed by atoms with Gasteiger partial charge in [-0.15, -0.1) is 11.8 Å². The average molecular weight is 242 g/mol. The van der Waals surface area contributed by atoms with Crippen LogP contribution in [0.3, 0.4) is 0 Å². The summed E-state index contributed by atoms with van der Waals surface area (Å²) in [4.78, 5) is 17.5. The van der Waals surface area contributed by atoms with Gasteiger partial charge in [0, 0.05) is 18.2 Å². The molecule has 0 unspecified atom stereocenters. The van der Waals surface area contributed by atoms with E-state index in [4.69, 9.17) is 0 Å². The minimum Gasteiger partial charge on any atom is -0.287 e. The lowest BCUT2D eigenvalue weighted by Gasteiger charge is -2.09. The molecule has 0 radical (unpaired) electrons. The van der Waals surface area contributed by atoms with Gasteiger partial charge < -0.3 is 0 Å². The first kappa shape index (κ1) is 11.1. The van der Waals surface area contributed by atoms with Gasteiger partial charge in [-0.05, 0) is 13.2 Å². The van der Waals surface area contributed by atoms with Crippen molar-refractivity contribution in [1.82, 2.24) is 9.55 Å². The van der Waals surface area contributed by atoms with E-state index in [1.54, 1.807) is 28.1 Å². The van der Waals surface area contributed by atoms with Crippen molar-refractivity contribution in [2.24, 2.45) is 0 Å². The molecule has 0 spiro atoms. The molecular formula is C10H14N2OS2. The minimum atomic E-state index is 0.140. The number of fused-ring (bicyclic) bond motifs is 1. The molecule has 0 N–H and O–H groups in total. The quantitative estimate of drug-likeness (QED) is 0.587. The average Bonchev–Trinajstić information content (AvgIpc) is 2.59. The Bertz CT molecular complexity index is 442. The molecule has 1 aliphatic heterocycles. The van der Waals surface area contributed by atoms with E-state index in [9.17, 15) is 4.79 Å². The number of nitrogens with zero attached hydrogens (tertiary/aromatic N) is 2. The zero-order valence-corrected chi connectivity index (χ0v) is 10.7. The number of rotatable bonds is 2. The summed E-state index contributed by atoms with van der Waals surface area (Å²) >= 11 is 3.21. The summed E-state index contributed by atoms with van der Waals surface area (Å²) in [7, 11) is 0. The summed E-state index contributed by atoms with van der Waals surface area (Å²) in [6, 6.07) is 0. The smallest absolute Gasteiger partial charge is 0.268 e. The maximum absolute atomic E-state index is 12.1. The Balaban J connectivity index is 2.61. The van der Waals surface area contributed by atoms with Crippen molar-refractivity contribution in [1.29, 1.82) is 0 Å². The van der Waals surface area contributed by atoms with Crippen LogP contribution in [0.1, 0.15) is 19.5 Å². The Labute approximate surface area is 97.7 Å². The molecule has 1 aromatic heterocycles. The number of aromatic nitrogens is 2. The Morgan fingerprint density at radius 2 is 2.40 bits per heavy atom. The second-order valence-corrected chi connectivity index (χ2v) is 5.78. The summed E-state index contributed by atoms with van der Waals surface area (Å²) in [6.07, 6.45) is 2.89. The van der Waals surface area contributed by atoms with Gasteiger partial charge in [0.05, 0.1) is 10.6 Å². The summed E-state index contributed by atoms with van der Waals surface area (Å²) in [6.45, 7) is 4.82. The first-order chi connectivity index (χ1) is 7.17. The fourth-order valence-corrected chi connectivity index (χ4v) is 3.52. The molecule has 2 rings (SSSR count). The van der Waals surface area contributed by atoms with Crippen LogP contribution in [0.25, 0.3) is 0 Å². The van der Waals surface area contributed by atoms with Crippen molar-refractivity contribution >= 4 is 23.5 Å². The molecule has 82 valence electrons. The maximum atomic E-state index is 12.1. The lowest BCUT2D eigenvalue weighted by atomic mass is 10.2. The van der Waals surface area contributed by atoms with Gasteiger partial charge in [-0.1, -0.05) is 18.7 Å². The summed E-state index contributed by atoms with van der Waals surface area (Å²) in [5, 5.41) is 1.33. The molecule has 1 aliphatic rings. The van der Waals surface area contributed by atoms with Gasteiger partial charge in [0.15, 0.2) is 5.16 Å². The third kappa shape index (κ3) is 1.83. The molecule has 0 fully saturated rings. The zero-order chi connectivity index (χ0) is 11.0. The van der Waals surface area contributed by atoms with Crippen LogP contribution in [0, 0.1) is 0 Å². The molecule has 1 aromatic rings. The van der Waals surface area contributed by atoms with E-state index in [0.29, 0.717) is 11.8 Å². The van der Waals surface area contributed by atoms with Crippen LogP contribution in [0.15, 0.2) is 14.8 Å². The van der Waals surface area contributed by atoms with E-state index in [-0.39, 0.29) is 5.56 Å². The van der Waals surface area contributed by atoms with Gasteiger partial charge >= 0.3 is 0 Å². The van der Waals surface area contributed by atoms with E-state index in [0.717, 1.165) is 22.2 Å². The molecule has 0 saturated carbocycles. The maximum Gasteiger partial charge on any atom is 0.268 e. The van der Waals surface area contributed by atoms with Gasteiger partial charge in [-0.2, -0.15) is 0 Å². The van der Waals surface area contributed by atoms with Crippen LogP contribution in [-0.4, -0.2) is 21.1 Å². The largest absolute Gasteiger partial charge is 0.287 e. The molecule has 2 heterocycles. The summed E-state index contributed by atoms with van der Waals surface area (Å²) in [5.74, 6) is 0. The van der Waals surface area contributed by atoms with Gasteiger partial charge in [0.2, 0.25) is 0 Å². The molecule has 0 amide bonds. The normalized spacial score (nSPS) is 19.3. The summed E-state index contributed by atoms with van der Waals surface area (Å²) < 4.78 is 1.76. The highest BCUT2D eigenvalue weighted by Crippen LogP contribution is 2.33. The second kappa shape index (κ2) is 4.22. The van der Waals surface area contributed by atoms with E-state index < -0.39 is 0 Å². The highest BCUT2D eigenvalue weighted by molar-refractivity contribution is 8.00. The molecule has 3 nitrogen and oxygen atoms in total. The Kier molecular flexibility index (Phi) is 3.11. The predicted molar refractivity (Wildman–Crippen MR) is 65.0 cm³/mol. The van der Waals surface area contributed by atoms with Gasteiger partial charge in [-0.3, -0.25) is 9.36 Å².